The van der Waals surface area contributed by atoms with Crippen molar-refractivity contribution in [2.24, 2.45) is 17.6 Å². The maximum absolute atomic E-state index is 11.0. The number of likely N-dealkylation sites (tertiary alicyclic amines) is 1. The summed E-state index contributed by atoms with van der Waals surface area (Å²) in [6, 6.07) is 0. The van der Waals surface area contributed by atoms with Crippen molar-refractivity contribution in [2.75, 3.05) is 19.6 Å². The highest BCUT2D eigenvalue weighted by Crippen LogP contribution is 2.24. The second-order valence-electron chi connectivity index (χ2n) is 6.25. The van der Waals surface area contributed by atoms with Gasteiger partial charge in [-0.05, 0) is 57.5 Å². The fourth-order valence-electron chi connectivity index (χ4n) is 2.57. The van der Waals surface area contributed by atoms with Crippen molar-refractivity contribution in [2.45, 2.75) is 52.0 Å². The van der Waals surface area contributed by atoms with Gasteiger partial charge in [0.05, 0.1) is 0 Å². The molecular weight excluding hydrogens is 228 g/mol. The molecule has 0 amide bonds. The van der Waals surface area contributed by atoms with E-state index in [1.54, 1.807) is 6.92 Å². The molecule has 0 aliphatic carbocycles. The Balaban J connectivity index is 2.38. The Morgan fingerprint density at radius 1 is 1.44 bits per heavy atom. The highest BCUT2D eigenvalue weighted by molar-refractivity contribution is 5.77. The first-order chi connectivity index (χ1) is 8.33. The van der Waals surface area contributed by atoms with Gasteiger partial charge in [-0.15, -0.1) is 0 Å². The van der Waals surface area contributed by atoms with Gasteiger partial charge in [0.2, 0.25) is 0 Å². The number of carboxylic acids is 1. The zero-order chi connectivity index (χ0) is 13.8. The molecule has 18 heavy (non-hydrogen) atoms. The third-order valence-corrected chi connectivity index (χ3v) is 4.24. The summed E-state index contributed by atoms with van der Waals surface area (Å²) in [5.74, 6) is 0.667. The lowest BCUT2D eigenvalue weighted by atomic mass is 9.89. The number of rotatable bonds is 5. The lowest BCUT2D eigenvalue weighted by Crippen LogP contribution is -2.47. The Labute approximate surface area is 111 Å². The first-order valence-corrected chi connectivity index (χ1v) is 7.07. The number of hydrogen-bond acceptors (Lipinski definition) is 3. The first kappa shape index (κ1) is 15.4. The molecule has 106 valence electrons. The average molecular weight is 256 g/mol. The largest absolute Gasteiger partial charge is 0.480 e. The van der Waals surface area contributed by atoms with Crippen LogP contribution in [0.5, 0.6) is 0 Å². The van der Waals surface area contributed by atoms with Gasteiger partial charge >= 0.3 is 5.97 Å². The maximum Gasteiger partial charge on any atom is 0.323 e. The quantitative estimate of drug-likeness (QED) is 0.789. The fourth-order valence-corrected chi connectivity index (χ4v) is 2.57. The van der Waals surface area contributed by atoms with E-state index in [9.17, 15) is 4.79 Å². The summed E-state index contributed by atoms with van der Waals surface area (Å²) in [5.41, 5.74) is 4.67. The summed E-state index contributed by atoms with van der Waals surface area (Å²) in [6.07, 6.45) is 4.27. The van der Waals surface area contributed by atoms with Crippen molar-refractivity contribution < 1.29 is 9.90 Å². The Hall–Kier alpha value is -0.610. The monoisotopic (exact) mass is 256 g/mol. The van der Waals surface area contributed by atoms with E-state index in [0.717, 1.165) is 31.5 Å². The van der Waals surface area contributed by atoms with Crippen molar-refractivity contribution in [1.82, 2.24) is 4.90 Å². The van der Waals surface area contributed by atoms with Crippen molar-refractivity contribution in [3.63, 3.8) is 0 Å². The van der Waals surface area contributed by atoms with Gasteiger partial charge < -0.3 is 15.7 Å². The van der Waals surface area contributed by atoms with Gasteiger partial charge in [0.15, 0.2) is 0 Å². The summed E-state index contributed by atoms with van der Waals surface area (Å²) in [4.78, 5) is 13.3. The minimum Gasteiger partial charge on any atom is -0.480 e. The summed E-state index contributed by atoms with van der Waals surface area (Å²) >= 11 is 0. The van der Waals surface area contributed by atoms with Crippen LogP contribution < -0.4 is 5.73 Å². The van der Waals surface area contributed by atoms with Gasteiger partial charge in [-0.2, -0.15) is 0 Å². The van der Waals surface area contributed by atoms with Gasteiger partial charge in [-0.25, -0.2) is 0 Å². The fraction of sp³-hybridized carbons (Fsp3) is 0.929. The van der Waals surface area contributed by atoms with Crippen LogP contribution in [-0.2, 0) is 4.79 Å². The number of nitrogens with zero attached hydrogens (tertiary/aromatic N) is 1. The van der Waals surface area contributed by atoms with Crippen LogP contribution in [0.4, 0.5) is 0 Å². The van der Waals surface area contributed by atoms with E-state index in [0.29, 0.717) is 6.42 Å². The van der Waals surface area contributed by atoms with Gasteiger partial charge in [0, 0.05) is 6.54 Å². The molecule has 4 heteroatoms. The van der Waals surface area contributed by atoms with Crippen molar-refractivity contribution in [3.8, 4) is 0 Å². The highest BCUT2D eigenvalue weighted by Gasteiger charge is 2.28. The molecule has 1 rings (SSSR count). The van der Waals surface area contributed by atoms with Crippen LogP contribution in [0.25, 0.3) is 0 Å². The van der Waals surface area contributed by atoms with Crippen molar-refractivity contribution in [1.29, 1.82) is 0 Å². The number of nitrogens with two attached hydrogens (primary N) is 1. The number of carboxylic acid groups (broad SMARTS) is 1. The summed E-state index contributed by atoms with van der Waals surface area (Å²) in [6.45, 7) is 9.15. The predicted octanol–water partition coefficient (Wildman–Crippen LogP) is 1.94. The van der Waals surface area contributed by atoms with Crippen LogP contribution in [0.15, 0.2) is 0 Å². The Morgan fingerprint density at radius 2 is 2.11 bits per heavy atom. The van der Waals surface area contributed by atoms with E-state index in [2.05, 4.69) is 18.7 Å². The van der Waals surface area contributed by atoms with E-state index < -0.39 is 11.5 Å². The molecule has 0 radical (unpaired) electrons. The second-order valence-corrected chi connectivity index (χ2v) is 6.25. The normalized spacial score (nSPS) is 25.7. The SMILES string of the molecule is CC(C)C1CCCN(CCC(C)(N)C(=O)O)CC1. The molecule has 0 spiro atoms. The van der Waals surface area contributed by atoms with Crippen molar-refractivity contribution in [3.05, 3.63) is 0 Å². The molecule has 0 aromatic rings. The zero-order valence-electron chi connectivity index (χ0n) is 12.0. The molecule has 3 N–H and O–H groups in total. The summed E-state index contributed by atoms with van der Waals surface area (Å²) in [7, 11) is 0. The lowest BCUT2D eigenvalue weighted by Gasteiger charge is -2.25. The van der Waals surface area contributed by atoms with Crippen LogP contribution in [0.3, 0.4) is 0 Å². The van der Waals surface area contributed by atoms with Crippen LogP contribution in [0.1, 0.15) is 46.5 Å². The molecule has 2 unspecified atom stereocenters. The van der Waals surface area contributed by atoms with Crippen molar-refractivity contribution >= 4 is 5.97 Å². The molecule has 1 saturated heterocycles. The third kappa shape index (κ3) is 4.58. The standard InChI is InChI=1S/C14H28N2O2/c1-11(2)12-5-4-8-16(9-6-12)10-7-14(3,15)13(17)18/h11-12H,4-10,15H2,1-3H3,(H,17,18). The molecule has 2 atom stereocenters. The Bertz CT molecular complexity index is 277. The van der Waals surface area contributed by atoms with Crippen LogP contribution in [-0.4, -0.2) is 41.1 Å². The Morgan fingerprint density at radius 3 is 2.67 bits per heavy atom. The minimum atomic E-state index is -1.09. The van der Waals surface area contributed by atoms with E-state index in [1.807, 2.05) is 0 Å². The lowest BCUT2D eigenvalue weighted by molar-refractivity contribution is -0.143. The summed E-state index contributed by atoms with van der Waals surface area (Å²) in [5, 5.41) is 9.00. The van der Waals surface area contributed by atoms with Crippen LogP contribution >= 0.6 is 0 Å². The third-order valence-electron chi connectivity index (χ3n) is 4.24. The molecule has 4 nitrogen and oxygen atoms in total. The van der Waals surface area contributed by atoms with E-state index in [4.69, 9.17) is 10.8 Å². The van der Waals surface area contributed by atoms with Gasteiger partial charge in [0.1, 0.15) is 5.54 Å². The highest BCUT2D eigenvalue weighted by atomic mass is 16.4. The van der Waals surface area contributed by atoms with Gasteiger partial charge in [0.25, 0.3) is 0 Å². The molecule has 0 aromatic heterocycles. The number of hydrogen-bond donors (Lipinski definition) is 2. The molecule has 1 aliphatic heterocycles. The summed E-state index contributed by atoms with van der Waals surface area (Å²) < 4.78 is 0. The van der Waals surface area contributed by atoms with E-state index in [-0.39, 0.29) is 0 Å². The maximum atomic E-state index is 11.0. The van der Waals surface area contributed by atoms with Gasteiger partial charge in [-0.1, -0.05) is 13.8 Å². The number of carbonyl (C=O) groups is 1. The Kier molecular flexibility index (Phi) is 5.60. The van der Waals surface area contributed by atoms with E-state index in [1.165, 1.54) is 19.3 Å². The smallest absolute Gasteiger partial charge is 0.323 e. The van der Waals surface area contributed by atoms with E-state index >= 15 is 0 Å². The van der Waals surface area contributed by atoms with Crippen LogP contribution in [0.2, 0.25) is 0 Å². The average Bonchev–Trinajstić information content (AvgIpc) is 2.51. The second kappa shape index (κ2) is 6.53. The molecule has 1 fully saturated rings. The predicted molar refractivity (Wildman–Crippen MR) is 73.5 cm³/mol. The molecule has 1 heterocycles. The molecular formula is C14H28N2O2. The molecule has 0 saturated carbocycles. The molecule has 0 aromatic carbocycles. The van der Waals surface area contributed by atoms with Gasteiger partial charge in [-0.3, -0.25) is 4.79 Å². The van der Waals surface area contributed by atoms with Crippen LogP contribution in [0, 0.1) is 11.8 Å². The topological polar surface area (TPSA) is 66.6 Å². The number of aliphatic carboxylic acids is 1. The molecule has 1 aliphatic rings. The molecule has 0 bridgehead atoms. The first-order valence-electron chi connectivity index (χ1n) is 7.07. The minimum absolute atomic E-state index is 0.522. The zero-order valence-corrected chi connectivity index (χ0v) is 12.0.